The molecule has 7 heteroatoms. The summed E-state index contributed by atoms with van der Waals surface area (Å²) in [6, 6.07) is 7.13. The predicted molar refractivity (Wildman–Crippen MR) is 91.0 cm³/mol. The van der Waals surface area contributed by atoms with Crippen LogP contribution in [0.2, 0.25) is 0 Å². The molecule has 1 N–H and O–H groups in total. The number of rotatable bonds is 3. The molecule has 0 aliphatic carbocycles. The van der Waals surface area contributed by atoms with Gasteiger partial charge < -0.3 is 5.32 Å². The molecule has 2 rings (SSSR count). The van der Waals surface area contributed by atoms with Crippen molar-refractivity contribution in [1.29, 1.82) is 5.26 Å². The van der Waals surface area contributed by atoms with Gasteiger partial charge in [-0.3, -0.25) is 4.90 Å². The molecular formula is C13H17Cl2FIN3. The second kappa shape index (κ2) is 9.74. The second-order valence-corrected chi connectivity index (χ2v) is 5.58. The summed E-state index contributed by atoms with van der Waals surface area (Å²) in [5, 5.41) is 12.2. The second-order valence-electron chi connectivity index (χ2n) is 4.33. The van der Waals surface area contributed by atoms with Gasteiger partial charge >= 0.3 is 0 Å². The number of nitriles is 1. The zero-order chi connectivity index (χ0) is 13.0. The molecular weight excluding hydrogens is 415 g/mol. The average Bonchev–Trinajstić information content (AvgIpc) is 2.40. The van der Waals surface area contributed by atoms with Gasteiger partial charge in [0.05, 0.1) is 18.5 Å². The van der Waals surface area contributed by atoms with E-state index in [1.165, 1.54) is 6.07 Å². The van der Waals surface area contributed by atoms with E-state index in [1.54, 1.807) is 6.07 Å². The maximum Gasteiger partial charge on any atom is 0.128 e. The lowest BCUT2D eigenvalue weighted by molar-refractivity contribution is 0.172. The summed E-state index contributed by atoms with van der Waals surface area (Å²) in [7, 11) is 0. The molecule has 1 aliphatic heterocycles. The van der Waals surface area contributed by atoms with Gasteiger partial charge in [-0.05, 0) is 40.8 Å². The van der Waals surface area contributed by atoms with Crippen molar-refractivity contribution in [3.63, 3.8) is 0 Å². The van der Waals surface area contributed by atoms with Gasteiger partial charge in [-0.2, -0.15) is 5.26 Å². The van der Waals surface area contributed by atoms with E-state index in [0.717, 1.165) is 29.7 Å². The molecule has 1 fully saturated rings. The monoisotopic (exact) mass is 431 g/mol. The van der Waals surface area contributed by atoms with Crippen LogP contribution in [0.25, 0.3) is 0 Å². The van der Waals surface area contributed by atoms with Crippen molar-refractivity contribution in [1.82, 2.24) is 10.2 Å². The molecule has 0 bridgehead atoms. The van der Waals surface area contributed by atoms with Crippen LogP contribution in [-0.4, -0.2) is 31.1 Å². The van der Waals surface area contributed by atoms with Gasteiger partial charge in [0.2, 0.25) is 0 Å². The summed E-state index contributed by atoms with van der Waals surface area (Å²) < 4.78 is 14.9. The molecule has 1 saturated heterocycles. The van der Waals surface area contributed by atoms with E-state index in [9.17, 15) is 4.39 Å². The van der Waals surface area contributed by atoms with Crippen molar-refractivity contribution in [2.24, 2.45) is 0 Å². The van der Waals surface area contributed by atoms with Crippen LogP contribution in [-0.2, 0) is 0 Å². The Bertz CT molecular complexity index is 461. The predicted octanol–water partition coefficient (Wildman–Crippen LogP) is 3.13. The first-order valence-electron chi connectivity index (χ1n) is 5.99. The Balaban J connectivity index is 0.00000180. The molecule has 1 aromatic carbocycles. The van der Waals surface area contributed by atoms with Gasteiger partial charge in [0.25, 0.3) is 0 Å². The van der Waals surface area contributed by atoms with Gasteiger partial charge in [-0.15, -0.1) is 24.8 Å². The van der Waals surface area contributed by atoms with E-state index in [0.29, 0.717) is 12.0 Å². The van der Waals surface area contributed by atoms with Crippen molar-refractivity contribution in [2.45, 2.75) is 12.5 Å². The van der Waals surface area contributed by atoms with E-state index in [2.05, 4.69) is 38.9 Å². The minimum atomic E-state index is -0.214. The van der Waals surface area contributed by atoms with Crippen LogP contribution in [0.1, 0.15) is 18.0 Å². The third kappa shape index (κ3) is 5.01. The topological polar surface area (TPSA) is 39.1 Å². The Morgan fingerprint density at radius 3 is 2.60 bits per heavy atom. The van der Waals surface area contributed by atoms with Gasteiger partial charge in [-0.25, -0.2) is 4.39 Å². The van der Waals surface area contributed by atoms with E-state index < -0.39 is 0 Å². The molecule has 1 atom stereocenters. The van der Waals surface area contributed by atoms with Crippen LogP contribution in [0.15, 0.2) is 18.2 Å². The highest BCUT2D eigenvalue weighted by molar-refractivity contribution is 14.1. The largest absolute Gasteiger partial charge is 0.314 e. The average molecular weight is 432 g/mol. The fourth-order valence-electron chi connectivity index (χ4n) is 2.29. The van der Waals surface area contributed by atoms with Crippen LogP contribution in [0, 0.1) is 20.7 Å². The third-order valence-electron chi connectivity index (χ3n) is 3.19. The maximum absolute atomic E-state index is 13.9. The third-order valence-corrected chi connectivity index (χ3v) is 3.87. The van der Waals surface area contributed by atoms with Crippen molar-refractivity contribution < 1.29 is 4.39 Å². The molecule has 1 aliphatic rings. The number of benzene rings is 1. The Morgan fingerprint density at radius 2 is 2.00 bits per heavy atom. The fourth-order valence-corrected chi connectivity index (χ4v) is 2.80. The molecule has 0 unspecified atom stereocenters. The van der Waals surface area contributed by atoms with Gasteiger partial charge in [0.15, 0.2) is 0 Å². The molecule has 3 nitrogen and oxygen atoms in total. The lowest BCUT2D eigenvalue weighted by Crippen LogP contribution is -2.45. The molecule has 20 heavy (non-hydrogen) atoms. The van der Waals surface area contributed by atoms with Gasteiger partial charge in [0, 0.05) is 35.3 Å². The van der Waals surface area contributed by atoms with Crippen molar-refractivity contribution in [3.05, 3.63) is 33.1 Å². The molecule has 0 aromatic heterocycles. The Labute approximate surface area is 144 Å². The van der Waals surface area contributed by atoms with Crippen LogP contribution >= 0.6 is 47.4 Å². The lowest BCUT2D eigenvalue weighted by Gasteiger charge is -2.34. The number of nitrogens with zero attached hydrogens (tertiary/aromatic N) is 2. The normalized spacial score (nSPS) is 16.4. The first-order chi connectivity index (χ1) is 8.72. The van der Waals surface area contributed by atoms with E-state index >= 15 is 0 Å². The summed E-state index contributed by atoms with van der Waals surface area (Å²) in [6.45, 7) is 3.51. The number of hydrogen-bond acceptors (Lipinski definition) is 3. The van der Waals surface area contributed by atoms with Crippen LogP contribution in [0.4, 0.5) is 4.39 Å². The zero-order valence-corrected chi connectivity index (χ0v) is 14.6. The van der Waals surface area contributed by atoms with Gasteiger partial charge in [-0.1, -0.05) is 0 Å². The molecule has 1 heterocycles. The molecule has 1 aromatic rings. The van der Waals surface area contributed by atoms with Crippen molar-refractivity contribution in [3.8, 4) is 6.07 Å². The van der Waals surface area contributed by atoms with Gasteiger partial charge in [0.1, 0.15) is 5.82 Å². The highest BCUT2D eigenvalue weighted by atomic mass is 127. The molecule has 0 saturated carbocycles. The van der Waals surface area contributed by atoms with Crippen molar-refractivity contribution in [2.75, 3.05) is 26.2 Å². The number of nitrogens with one attached hydrogen (secondary N) is 1. The maximum atomic E-state index is 13.9. The smallest absolute Gasteiger partial charge is 0.128 e. The SMILES string of the molecule is Cl.Cl.N#CC[C@@H](c1cc(I)ccc1F)N1CCNCC1. The van der Waals surface area contributed by atoms with Crippen LogP contribution < -0.4 is 5.32 Å². The number of piperazine rings is 1. The minimum absolute atomic E-state index is 0. The highest BCUT2D eigenvalue weighted by Crippen LogP contribution is 2.28. The molecule has 0 spiro atoms. The summed E-state index contributed by atoms with van der Waals surface area (Å²) in [5.41, 5.74) is 0.644. The molecule has 0 amide bonds. The quantitative estimate of drug-likeness (QED) is 0.747. The first-order valence-corrected chi connectivity index (χ1v) is 7.07. The molecule has 112 valence electrons. The summed E-state index contributed by atoms with van der Waals surface area (Å²) in [5.74, 6) is -0.214. The number of hydrogen-bond donors (Lipinski definition) is 1. The summed E-state index contributed by atoms with van der Waals surface area (Å²) >= 11 is 2.17. The van der Waals surface area contributed by atoms with Crippen LogP contribution in [0.5, 0.6) is 0 Å². The lowest BCUT2D eigenvalue weighted by atomic mass is 10.0. The Kier molecular flexibility index (Phi) is 9.68. The van der Waals surface area contributed by atoms with Crippen molar-refractivity contribution >= 4 is 47.4 Å². The van der Waals surface area contributed by atoms with E-state index in [1.807, 2.05) is 6.07 Å². The first kappa shape index (κ1) is 19.9. The Morgan fingerprint density at radius 1 is 1.35 bits per heavy atom. The number of halogens is 4. The summed E-state index contributed by atoms with van der Waals surface area (Å²) in [4.78, 5) is 2.19. The Hall–Kier alpha value is -0.130. The minimum Gasteiger partial charge on any atom is -0.314 e. The highest BCUT2D eigenvalue weighted by Gasteiger charge is 2.24. The fraction of sp³-hybridized carbons (Fsp3) is 0.462. The van der Waals surface area contributed by atoms with E-state index in [4.69, 9.17) is 5.26 Å². The standard InChI is InChI=1S/C13H15FIN3.2ClH/c14-12-2-1-10(15)9-11(12)13(3-4-16)18-7-5-17-6-8-18;;/h1-2,9,13,17H,3,5-8H2;2*1H/t13-;;/m0../s1. The molecule has 0 radical (unpaired) electrons. The van der Waals surface area contributed by atoms with Crippen LogP contribution in [0.3, 0.4) is 0 Å². The van der Waals surface area contributed by atoms with E-state index in [-0.39, 0.29) is 36.7 Å². The summed E-state index contributed by atoms with van der Waals surface area (Å²) in [6.07, 6.45) is 0.330. The zero-order valence-electron chi connectivity index (χ0n) is 10.8.